The summed E-state index contributed by atoms with van der Waals surface area (Å²) in [5.41, 5.74) is 4.48. The maximum atomic E-state index is 11.5. The number of carbonyl (C=O) groups is 1. The van der Waals surface area contributed by atoms with Crippen LogP contribution in [0.2, 0.25) is 0 Å². The Morgan fingerprint density at radius 2 is 1.84 bits per heavy atom. The smallest absolute Gasteiger partial charge is 0.225 e. The molecule has 0 saturated carbocycles. The first-order chi connectivity index (χ1) is 15.3. The molecule has 1 aliphatic heterocycles. The Morgan fingerprint density at radius 3 is 2.65 bits per heavy atom. The number of rotatable bonds is 4. The molecule has 162 valence electrons. The van der Waals surface area contributed by atoms with Gasteiger partial charge in [0.2, 0.25) is 5.91 Å². The predicted octanol–water partition coefficient (Wildman–Crippen LogP) is 4.73. The summed E-state index contributed by atoms with van der Waals surface area (Å²) in [4.78, 5) is 27.8. The van der Waals surface area contributed by atoms with Gasteiger partial charge in [0.1, 0.15) is 23.6 Å². The van der Waals surface area contributed by atoms with E-state index < -0.39 is 0 Å². The molecule has 0 saturated heterocycles. The molecule has 0 bridgehead atoms. The van der Waals surface area contributed by atoms with Crippen LogP contribution in [0.5, 0.6) is 0 Å². The largest absolute Gasteiger partial charge is 0.361 e. The van der Waals surface area contributed by atoms with E-state index in [1.165, 1.54) is 6.33 Å². The maximum Gasteiger partial charge on any atom is 0.225 e. The van der Waals surface area contributed by atoms with Crippen molar-refractivity contribution in [3.8, 4) is 11.5 Å². The van der Waals surface area contributed by atoms with Gasteiger partial charge < -0.3 is 14.8 Å². The molecule has 1 aromatic carbocycles. The fourth-order valence-corrected chi connectivity index (χ4v) is 3.33. The van der Waals surface area contributed by atoms with Gasteiger partial charge >= 0.3 is 0 Å². The first kappa shape index (κ1) is 22.1. The Bertz CT molecular complexity index is 1110. The molecule has 1 aliphatic rings. The van der Waals surface area contributed by atoms with E-state index in [0.717, 1.165) is 28.1 Å². The zero-order valence-corrected chi connectivity index (χ0v) is 18.4. The number of nitrogens with one attached hydrogen (secondary N) is 2. The van der Waals surface area contributed by atoms with Crippen molar-refractivity contribution in [1.82, 2.24) is 25.1 Å². The first-order valence-electron chi connectivity index (χ1n) is 10.8. The van der Waals surface area contributed by atoms with Crippen molar-refractivity contribution in [2.75, 3.05) is 5.32 Å². The number of aryl methyl sites for hydroxylation is 2. The van der Waals surface area contributed by atoms with Crippen LogP contribution in [0.15, 0.2) is 41.2 Å². The molecular weight excluding hydrogens is 392 g/mol. The second-order valence-corrected chi connectivity index (χ2v) is 6.48. The number of hydrogen-bond donors (Lipinski definition) is 2. The Kier molecular flexibility index (Phi) is 7.48. The van der Waals surface area contributed by atoms with Gasteiger partial charge in [0.05, 0.1) is 11.0 Å². The van der Waals surface area contributed by atoms with Gasteiger partial charge in [-0.1, -0.05) is 45.0 Å². The Morgan fingerprint density at radius 1 is 1.03 bits per heavy atom. The Labute approximate surface area is 181 Å². The van der Waals surface area contributed by atoms with Gasteiger partial charge in [0.15, 0.2) is 5.82 Å². The number of fused-ring (bicyclic) bond motifs is 2. The number of benzene rings is 1. The summed E-state index contributed by atoms with van der Waals surface area (Å²) in [5.74, 6) is 2.07. The first-order valence-corrected chi connectivity index (χ1v) is 10.8. The Hall–Kier alpha value is -3.55. The van der Waals surface area contributed by atoms with Crippen molar-refractivity contribution in [2.45, 2.75) is 53.4 Å². The molecule has 0 atom stereocenters. The molecule has 2 N–H and O–H groups in total. The summed E-state index contributed by atoms with van der Waals surface area (Å²) in [6.45, 7) is 8.00. The minimum absolute atomic E-state index is 0.00198. The van der Waals surface area contributed by atoms with Gasteiger partial charge in [-0.3, -0.25) is 4.79 Å². The molecule has 8 heteroatoms. The zero-order chi connectivity index (χ0) is 22.2. The zero-order valence-electron chi connectivity index (χ0n) is 18.4. The molecule has 0 aliphatic carbocycles. The van der Waals surface area contributed by atoms with Crippen molar-refractivity contribution < 1.29 is 9.32 Å². The van der Waals surface area contributed by atoms with Crippen LogP contribution in [0.25, 0.3) is 22.6 Å². The highest BCUT2D eigenvalue weighted by atomic mass is 16.5. The summed E-state index contributed by atoms with van der Waals surface area (Å²) in [7, 11) is 0. The number of carbonyl (C=O) groups excluding carboxylic acids is 1. The van der Waals surface area contributed by atoms with Crippen molar-refractivity contribution in [2.24, 2.45) is 0 Å². The normalized spacial score (nSPS) is 12.2. The lowest BCUT2D eigenvalue weighted by Gasteiger charge is -2.17. The second kappa shape index (κ2) is 10.5. The van der Waals surface area contributed by atoms with E-state index in [2.05, 4.69) is 30.4 Å². The average molecular weight is 421 g/mol. The van der Waals surface area contributed by atoms with Crippen molar-refractivity contribution in [1.29, 1.82) is 0 Å². The number of H-pyrrole nitrogens is 1. The van der Waals surface area contributed by atoms with E-state index >= 15 is 0 Å². The molecule has 0 radical (unpaired) electrons. The molecule has 4 aromatic rings. The standard InChI is InChI=1S/C19H16N6O2.2C2H6/c26-17-8-6-12-13(20-10-21-18(12)24-17)7-5-11-9-16(25-27-11)19-22-14-3-1-2-4-15(14)23-19;2*1-2/h1-4,9-10H,5-8H2,(H,22,23)(H,20,21,24,26);2*1-2H3. The van der Waals surface area contributed by atoms with Crippen molar-refractivity contribution >= 4 is 22.8 Å². The molecule has 3 aromatic heterocycles. The van der Waals surface area contributed by atoms with Gasteiger partial charge in [0, 0.05) is 30.2 Å². The third-order valence-corrected chi connectivity index (χ3v) is 4.69. The number of aromatic nitrogens is 5. The van der Waals surface area contributed by atoms with Crippen LogP contribution < -0.4 is 5.32 Å². The predicted molar refractivity (Wildman–Crippen MR) is 121 cm³/mol. The minimum atomic E-state index is -0.00198. The highest BCUT2D eigenvalue weighted by Gasteiger charge is 2.20. The van der Waals surface area contributed by atoms with Gasteiger partial charge in [0.25, 0.3) is 0 Å². The SMILES string of the molecule is CC.CC.O=C1CCc2c(CCc3cc(-c4nc5ccccc5[nH]4)no3)ncnc2N1. The monoisotopic (exact) mass is 420 g/mol. The fourth-order valence-electron chi connectivity index (χ4n) is 3.33. The highest BCUT2D eigenvalue weighted by molar-refractivity contribution is 5.92. The minimum Gasteiger partial charge on any atom is -0.361 e. The number of para-hydroxylation sites is 2. The summed E-state index contributed by atoms with van der Waals surface area (Å²) in [6, 6.07) is 9.74. The second-order valence-electron chi connectivity index (χ2n) is 6.48. The molecule has 8 nitrogen and oxygen atoms in total. The van der Waals surface area contributed by atoms with Crippen LogP contribution in [0.4, 0.5) is 5.82 Å². The lowest BCUT2D eigenvalue weighted by atomic mass is 10.0. The summed E-state index contributed by atoms with van der Waals surface area (Å²) in [6.07, 6.45) is 3.96. The van der Waals surface area contributed by atoms with Crippen LogP contribution in [-0.4, -0.2) is 31.0 Å². The van der Waals surface area contributed by atoms with Gasteiger partial charge in [-0.15, -0.1) is 0 Å². The van der Waals surface area contributed by atoms with Crippen LogP contribution in [0, 0.1) is 0 Å². The quantitative estimate of drug-likeness (QED) is 0.494. The van der Waals surface area contributed by atoms with Crippen LogP contribution in [-0.2, 0) is 24.1 Å². The lowest BCUT2D eigenvalue weighted by molar-refractivity contribution is -0.116. The number of nitrogens with zero attached hydrogens (tertiary/aromatic N) is 4. The van der Waals surface area contributed by atoms with E-state index in [0.29, 0.717) is 43.0 Å². The maximum absolute atomic E-state index is 11.5. The lowest BCUT2D eigenvalue weighted by Crippen LogP contribution is -2.22. The third kappa shape index (κ3) is 4.96. The van der Waals surface area contributed by atoms with Crippen molar-refractivity contribution in [3.05, 3.63) is 53.7 Å². The van der Waals surface area contributed by atoms with E-state index in [-0.39, 0.29) is 5.91 Å². The van der Waals surface area contributed by atoms with Crippen LogP contribution in [0.3, 0.4) is 0 Å². The molecule has 5 rings (SSSR count). The molecule has 4 heterocycles. The number of hydrogen-bond acceptors (Lipinski definition) is 6. The van der Waals surface area contributed by atoms with Crippen LogP contribution >= 0.6 is 0 Å². The molecule has 0 unspecified atom stereocenters. The van der Waals surface area contributed by atoms with E-state index in [1.807, 2.05) is 58.0 Å². The van der Waals surface area contributed by atoms with E-state index in [1.54, 1.807) is 0 Å². The van der Waals surface area contributed by atoms with Crippen molar-refractivity contribution in [3.63, 3.8) is 0 Å². The van der Waals surface area contributed by atoms with E-state index in [9.17, 15) is 4.79 Å². The molecule has 0 fully saturated rings. The van der Waals surface area contributed by atoms with Gasteiger partial charge in [-0.05, 0) is 25.0 Å². The van der Waals surface area contributed by atoms with E-state index in [4.69, 9.17) is 4.52 Å². The molecule has 0 spiro atoms. The number of anilines is 1. The fraction of sp³-hybridized carbons (Fsp3) is 0.348. The van der Waals surface area contributed by atoms with Gasteiger partial charge in [-0.2, -0.15) is 0 Å². The van der Waals surface area contributed by atoms with Crippen LogP contribution in [0.1, 0.15) is 51.1 Å². The highest BCUT2D eigenvalue weighted by Crippen LogP contribution is 2.24. The van der Waals surface area contributed by atoms with Gasteiger partial charge in [-0.25, -0.2) is 15.0 Å². The molecule has 31 heavy (non-hydrogen) atoms. The number of imidazole rings is 1. The summed E-state index contributed by atoms with van der Waals surface area (Å²) < 4.78 is 5.47. The Balaban J connectivity index is 0.000000645. The number of aromatic amines is 1. The third-order valence-electron chi connectivity index (χ3n) is 4.69. The topological polar surface area (TPSA) is 110 Å². The molecule has 1 amide bonds. The number of amides is 1. The molecular formula is C23H28N6O2. The average Bonchev–Trinajstić information content (AvgIpc) is 3.47. The summed E-state index contributed by atoms with van der Waals surface area (Å²) in [5, 5.41) is 6.93. The summed E-state index contributed by atoms with van der Waals surface area (Å²) >= 11 is 0.